The highest BCUT2D eigenvalue weighted by atomic mass is 79.9. The molecule has 2 rings (SSSR count). The number of anilines is 1. The van der Waals surface area contributed by atoms with Gasteiger partial charge in [0.05, 0.1) is 0 Å². The minimum atomic E-state index is -4.12. The molecule has 100 valence electrons. The van der Waals surface area contributed by atoms with Crippen molar-refractivity contribution in [3.05, 3.63) is 46.0 Å². The van der Waals surface area contributed by atoms with Crippen LogP contribution in [0.25, 0.3) is 0 Å². The topological polar surface area (TPSA) is 72.0 Å². The van der Waals surface area contributed by atoms with E-state index in [1.807, 2.05) is 0 Å². The predicted molar refractivity (Wildman–Crippen MR) is 72.0 cm³/mol. The lowest BCUT2D eigenvalue weighted by molar-refractivity contribution is 0.569. The van der Waals surface area contributed by atoms with Crippen LogP contribution >= 0.6 is 27.5 Å². The monoisotopic (exact) mass is 365 g/mol. The van der Waals surface area contributed by atoms with Gasteiger partial charge in [0.2, 0.25) is 0 Å². The first kappa shape index (κ1) is 14.2. The van der Waals surface area contributed by atoms with Crippen LogP contribution in [0.5, 0.6) is 0 Å². The Kier molecular flexibility index (Phi) is 4.02. The predicted octanol–water partition coefficient (Wildman–Crippen LogP) is 2.83. The molecule has 1 aromatic carbocycles. The molecule has 0 aliphatic rings. The first-order chi connectivity index (χ1) is 8.90. The molecule has 0 atom stereocenters. The molecule has 5 nitrogen and oxygen atoms in total. The molecule has 2 aromatic rings. The number of hydrogen-bond donors (Lipinski definition) is 1. The van der Waals surface area contributed by atoms with Crippen LogP contribution in [0.3, 0.4) is 0 Å². The molecule has 0 aliphatic heterocycles. The molecule has 0 amide bonds. The second-order valence-corrected chi connectivity index (χ2v) is 6.30. The number of benzene rings is 1. The van der Waals surface area contributed by atoms with E-state index in [-0.39, 0.29) is 11.0 Å². The fraction of sp³-hybridized carbons (Fsp3) is 0. The summed E-state index contributed by atoms with van der Waals surface area (Å²) in [5.74, 6) is -1.05. The molecule has 0 saturated carbocycles. The Morgan fingerprint density at radius 3 is 2.58 bits per heavy atom. The van der Waals surface area contributed by atoms with E-state index < -0.39 is 20.7 Å². The fourth-order valence-corrected chi connectivity index (χ4v) is 2.88. The summed E-state index contributed by atoms with van der Waals surface area (Å²) in [6.07, 6.45) is 2.57. The van der Waals surface area contributed by atoms with Gasteiger partial charge in [-0.05, 0) is 18.2 Å². The van der Waals surface area contributed by atoms with Crippen molar-refractivity contribution < 1.29 is 12.8 Å². The lowest BCUT2D eigenvalue weighted by Gasteiger charge is -2.08. The summed E-state index contributed by atoms with van der Waals surface area (Å²) in [5, 5.41) is -0.122. The van der Waals surface area contributed by atoms with E-state index in [1.165, 1.54) is 18.5 Å². The maximum atomic E-state index is 13.6. The van der Waals surface area contributed by atoms with Crippen molar-refractivity contribution in [2.24, 2.45) is 0 Å². The molecule has 0 bridgehead atoms. The number of rotatable bonds is 3. The molecule has 1 aromatic heterocycles. The molecular formula is C10H6BrClFN3O2S. The van der Waals surface area contributed by atoms with E-state index in [1.54, 1.807) is 0 Å². The maximum absolute atomic E-state index is 13.6. The Hall–Kier alpha value is -1.25. The number of aromatic nitrogens is 2. The fourth-order valence-electron chi connectivity index (χ4n) is 1.26. The molecular weight excluding hydrogens is 361 g/mol. The van der Waals surface area contributed by atoms with Crippen LogP contribution in [0, 0.1) is 5.82 Å². The third-order valence-electron chi connectivity index (χ3n) is 2.07. The lowest BCUT2D eigenvalue weighted by atomic mass is 10.3. The summed E-state index contributed by atoms with van der Waals surface area (Å²) in [6, 6.07) is 3.59. The number of hydrogen-bond acceptors (Lipinski definition) is 4. The van der Waals surface area contributed by atoms with Crippen molar-refractivity contribution in [2.75, 3.05) is 4.72 Å². The Labute approximate surface area is 122 Å². The summed E-state index contributed by atoms with van der Waals surface area (Å²) in [4.78, 5) is 6.89. The van der Waals surface area contributed by atoms with E-state index in [4.69, 9.17) is 11.6 Å². The summed E-state index contributed by atoms with van der Waals surface area (Å²) in [7, 11) is -4.12. The maximum Gasteiger partial charge on any atom is 0.266 e. The third kappa shape index (κ3) is 3.20. The van der Waals surface area contributed by atoms with Crippen LogP contribution in [-0.4, -0.2) is 18.4 Å². The van der Waals surface area contributed by atoms with Crippen molar-refractivity contribution in [3.63, 3.8) is 0 Å². The summed E-state index contributed by atoms with van der Waals surface area (Å²) in [5.41, 5.74) is 0. The molecule has 0 radical (unpaired) electrons. The van der Waals surface area contributed by atoms with Crippen LogP contribution in [0.2, 0.25) is 5.15 Å². The zero-order chi connectivity index (χ0) is 14.0. The van der Waals surface area contributed by atoms with Crippen LogP contribution in [-0.2, 0) is 10.0 Å². The van der Waals surface area contributed by atoms with Crippen LogP contribution < -0.4 is 4.72 Å². The van der Waals surface area contributed by atoms with E-state index >= 15 is 0 Å². The highest BCUT2D eigenvalue weighted by molar-refractivity contribution is 9.10. The van der Waals surface area contributed by atoms with Gasteiger partial charge in [0.25, 0.3) is 10.0 Å². The molecule has 0 spiro atoms. The molecule has 0 aliphatic carbocycles. The van der Waals surface area contributed by atoms with Gasteiger partial charge in [-0.15, -0.1) is 0 Å². The molecule has 19 heavy (non-hydrogen) atoms. The minimum Gasteiger partial charge on any atom is -0.261 e. The van der Waals surface area contributed by atoms with Crippen LogP contribution in [0.15, 0.2) is 40.0 Å². The molecule has 0 saturated heterocycles. The van der Waals surface area contributed by atoms with E-state index in [0.29, 0.717) is 4.47 Å². The minimum absolute atomic E-state index is 0.122. The van der Waals surface area contributed by atoms with Gasteiger partial charge >= 0.3 is 0 Å². The van der Waals surface area contributed by atoms with Gasteiger partial charge in [0, 0.05) is 16.9 Å². The van der Waals surface area contributed by atoms with Gasteiger partial charge in [-0.1, -0.05) is 27.5 Å². The van der Waals surface area contributed by atoms with Crippen molar-refractivity contribution in [1.29, 1.82) is 0 Å². The van der Waals surface area contributed by atoms with E-state index in [2.05, 4.69) is 30.6 Å². The zero-order valence-corrected chi connectivity index (χ0v) is 12.3. The summed E-state index contributed by atoms with van der Waals surface area (Å²) in [6.45, 7) is 0. The quantitative estimate of drug-likeness (QED) is 0.906. The number of nitrogens with one attached hydrogen (secondary N) is 1. The SMILES string of the molecule is O=S(=O)(Nc1nccnc1Cl)c1ccc(Br)cc1F. The molecule has 0 unspecified atom stereocenters. The van der Waals surface area contributed by atoms with Crippen molar-refractivity contribution >= 4 is 43.4 Å². The van der Waals surface area contributed by atoms with Gasteiger partial charge in [0.1, 0.15) is 10.7 Å². The van der Waals surface area contributed by atoms with Gasteiger partial charge in [-0.2, -0.15) is 0 Å². The van der Waals surface area contributed by atoms with Crippen molar-refractivity contribution in [1.82, 2.24) is 9.97 Å². The number of sulfonamides is 1. The Bertz CT molecular complexity index is 726. The highest BCUT2D eigenvalue weighted by Crippen LogP contribution is 2.23. The van der Waals surface area contributed by atoms with Crippen molar-refractivity contribution in [2.45, 2.75) is 4.90 Å². The Morgan fingerprint density at radius 2 is 1.95 bits per heavy atom. The molecule has 9 heteroatoms. The Balaban J connectivity index is 2.41. The third-order valence-corrected chi connectivity index (χ3v) is 4.21. The van der Waals surface area contributed by atoms with Crippen molar-refractivity contribution in [3.8, 4) is 0 Å². The van der Waals surface area contributed by atoms with Gasteiger partial charge in [-0.25, -0.2) is 22.8 Å². The lowest BCUT2D eigenvalue weighted by Crippen LogP contribution is -2.16. The van der Waals surface area contributed by atoms with Crippen LogP contribution in [0.4, 0.5) is 10.2 Å². The zero-order valence-electron chi connectivity index (χ0n) is 9.14. The Morgan fingerprint density at radius 1 is 1.26 bits per heavy atom. The molecule has 1 N–H and O–H groups in total. The average Bonchev–Trinajstić information content (AvgIpc) is 2.31. The largest absolute Gasteiger partial charge is 0.266 e. The van der Waals surface area contributed by atoms with Gasteiger partial charge in [0.15, 0.2) is 11.0 Å². The first-order valence-corrected chi connectivity index (χ1v) is 7.50. The number of nitrogens with zero attached hydrogens (tertiary/aromatic N) is 2. The highest BCUT2D eigenvalue weighted by Gasteiger charge is 2.21. The summed E-state index contributed by atoms with van der Waals surface area (Å²) >= 11 is 8.72. The average molecular weight is 367 g/mol. The normalized spacial score (nSPS) is 11.3. The van der Waals surface area contributed by atoms with Crippen LogP contribution in [0.1, 0.15) is 0 Å². The first-order valence-electron chi connectivity index (χ1n) is 4.84. The molecule has 0 fully saturated rings. The summed E-state index contributed by atoms with van der Waals surface area (Å²) < 4.78 is 40.1. The second kappa shape index (κ2) is 5.40. The van der Waals surface area contributed by atoms with Gasteiger partial charge < -0.3 is 0 Å². The molecule has 1 heterocycles. The van der Waals surface area contributed by atoms with E-state index in [0.717, 1.165) is 12.1 Å². The number of halogens is 3. The second-order valence-electron chi connectivity index (χ2n) is 3.38. The van der Waals surface area contributed by atoms with Gasteiger partial charge in [-0.3, -0.25) is 4.72 Å². The smallest absolute Gasteiger partial charge is 0.261 e. The van der Waals surface area contributed by atoms with E-state index in [9.17, 15) is 12.8 Å². The standard InChI is InChI=1S/C10H6BrClFN3O2S/c11-6-1-2-8(7(13)5-6)19(17,18)16-10-9(12)14-3-4-15-10/h1-5H,(H,15,16).